The largest absolute Gasteiger partial charge is 0.385 e. The number of benzene rings is 1. The van der Waals surface area contributed by atoms with Crippen LogP contribution < -0.4 is 4.90 Å². The van der Waals surface area contributed by atoms with E-state index in [1.165, 1.54) is 0 Å². The van der Waals surface area contributed by atoms with Crippen LogP contribution in [0, 0.1) is 0 Å². The van der Waals surface area contributed by atoms with Gasteiger partial charge in [0.05, 0.1) is 12.3 Å². The van der Waals surface area contributed by atoms with Gasteiger partial charge in [-0.25, -0.2) is 0 Å². The van der Waals surface area contributed by atoms with Crippen molar-refractivity contribution in [2.75, 3.05) is 45.4 Å². The maximum Gasteiger partial charge on any atom is 0.159 e. The molecule has 0 aliphatic carbocycles. The number of hydrogen-bond donors (Lipinski definition) is 0. The molecule has 0 unspecified atom stereocenters. The number of nitrogens with zero attached hydrogens (tertiary/aromatic N) is 1. The first-order valence-electron chi connectivity index (χ1n) is 6.63. The van der Waals surface area contributed by atoms with E-state index >= 15 is 0 Å². The number of ketones is 1. The zero-order valence-corrected chi connectivity index (χ0v) is 13.9. The topological polar surface area (TPSA) is 38.8 Å². The van der Waals surface area contributed by atoms with Crippen LogP contribution >= 0.6 is 15.9 Å². The quantitative estimate of drug-likeness (QED) is 0.510. The number of rotatable bonds is 9. The third-order valence-electron chi connectivity index (χ3n) is 3.04. The summed E-state index contributed by atoms with van der Waals surface area (Å²) in [4.78, 5) is 13.6. The average Bonchev–Trinajstić information content (AvgIpc) is 2.43. The van der Waals surface area contributed by atoms with Crippen LogP contribution in [0.2, 0.25) is 0 Å². The van der Waals surface area contributed by atoms with E-state index in [2.05, 4.69) is 20.8 Å². The molecule has 5 heteroatoms. The molecule has 112 valence electrons. The lowest BCUT2D eigenvalue weighted by Crippen LogP contribution is -2.29. The van der Waals surface area contributed by atoms with Crippen molar-refractivity contribution in [3.05, 3.63) is 28.2 Å². The third-order valence-corrected chi connectivity index (χ3v) is 3.67. The van der Waals surface area contributed by atoms with Gasteiger partial charge < -0.3 is 14.4 Å². The molecule has 0 amide bonds. The number of carbonyl (C=O) groups is 1. The Morgan fingerprint density at radius 1 is 1.20 bits per heavy atom. The zero-order chi connectivity index (χ0) is 15.0. The Bertz CT molecular complexity index is 437. The second-order valence-corrected chi connectivity index (χ2v) is 5.40. The van der Waals surface area contributed by atoms with Gasteiger partial charge >= 0.3 is 0 Å². The highest BCUT2D eigenvalue weighted by atomic mass is 79.9. The first-order chi connectivity index (χ1) is 9.60. The second kappa shape index (κ2) is 9.10. The maximum absolute atomic E-state index is 11.4. The highest BCUT2D eigenvalue weighted by molar-refractivity contribution is 9.10. The van der Waals surface area contributed by atoms with Crippen LogP contribution in [0.1, 0.15) is 23.7 Å². The summed E-state index contributed by atoms with van der Waals surface area (Å²) in [6, 6.07) is 5.70. The first-order valence-corrected chi connectivity index (χ1v) is 7.42. The van der Waals surface area contributed by atoms with Gasteiger partial charge in [0, 0.05) is 44.0 Å². The predicted molar refractivity (Wildman–Crippen MR) is 84.7 cm³/mol. The van der Waals surface area contributed by atoms with Crippen molar-refractivity contribution in [1.29, 1.82) is 0 Å². The van der Waals surface area contributed by atoms with Gasteiger partial charge in [0.25, 0.3) is 0 Å². The first kappa shape index (κ1) is 17.1. The molecule has 0 radical (unpaired) electrons. The molecule has 1 aromatic rings. The van der Waals surface area contributed by atoms with E-state index in [9.17, 15) is 4.79 Å². The molecule has 0 atom stereocenters. The van der Waals surface area contributed by atoms with Crippen molar-refractivity contribution < 1.29 is 14.3 Å². The van der Waals surface area contributed by atoms with Gasteiger partial charge in [-0.1, -0.05) is 0 Å². The Morgan fingerprint density at radius 2 is 1.90 bits per heavy atom. The lowest BCUT2D eigenvalue weighted by atomic mass is 10.1. The smallest absolute Gasteiger partial charge is 0.159 e. The lowest BCUT2D eigenvalue weighted by molar-refractivity contribution is 0.101. The Balaban J connectivity index is 2.85. The molecule has 1 rings (SSSR count). The van der Waals surface area contributed by atoms with Crippen molar-refractivity contribution in [3.8, 4) is 0 Å². The van der Waals surface area contributed by atoms with E-state index in [0.29, 0.717) is 12.2 Å². The van der Waals surface area contributed by atoms with Crippen LogP contribution in [0.5, 0.6) is 0 Å². The highest BCUT2D eigenvalue weighted by Crippen LogP contribution is 2.27. The molecular formula is C15H22BrNO3. The van der Waals surface area contributed by atoms with E-state index in [1.807, 2.05) is 18.2 Å². The van der Waals surface area contributed by atoms with E-state index < -0.39 is 0 Å². The molecular weight excluding hydrogens is 322 g/mol. The molecule has 0 aliphatic rings. The molecule has 20 heavy (non-hydrogen) atoms. The van der Waals surface area contributed by atoms with Crippen molar-refractivity contribution in [2.24, 2.45) is 0 Å². The van der Waals surface area contributed by atoms with Gasteiger partial charge in [0.2, 0.25) is 0 Å². The Labute approximate surface area is 129 Å². The van der Waals surface area contributed by atoms with Gasteiger partial charge in [0.15, 0.2) is 5.78 Å². The number of hydrogen-bond acceptors (Lipinski definition) is 4. The van der Waals surface area contributed by atoms with Crippen molar-refractivity contribution in [1.82, 2.24) is 0 Å². The number of ether oxygens (including phenoxy) is 2. The maximum atomic E-state index is 11.4. The van der Waals surface area contributed by atoms with E-state index in [4.69, 9.17) is 9.47 Å². The average molecular weight is 344 g/mol. The molecule has 0 aromatic heterocycles. The Hall–Kier alpha value is -0.910. The van der Waals surface area contributed by atoms with Gasteiger partial charge in [-0.3, -0.25) is 4.79 Å². The Kier molecular flexibility index (Phi) is 7.80. The second-order valence-electron chi connectivity index (χ2n) is 4.55. The van der Waals surface area contributed by atoms with E-state index in [1.54, 1.807) is 21.1 Å². The monoisotopic (exact) mass is 343 g/mol. The predicted octanol–water partition coefficient (Wildman–Crippen LogP) is 3.14. The molecule has 0 aliphatic heterocycles. The molecule has 0 heterocycles. The number of carbonyl (C=O) groups excluding carboxylic acids is 1. The summed E-state index contributed by atoms with van der Waals surface area (Å²) in [6.45, 7) is 4.65. The minimum absolute atomic E-state index is 0.0695. The standard InChI is InChI=1S/C15H22BrNO3/c1-12(18)13-5-6-15(14(16)11-13)17(8-10-20-3)7-4-9-19-2/h5-6,11H,4,7-10H2,1-3H3. The summed E-state index contributed by atoms with van der Waals surface area (Å²) >= 11 is 3.55. The van der Waals surface area contributed by atoms with Crippen molar-refractivity contribution in [3.63, 3.8) is 0 Å². The van der Waals surface area contributed by atoms with Crippen LogP contribution in [0.3, 0.4) is 0 Å². The number of methoxy groups -OCH3 is 2. The van der Waals surface area contributed by atoms with E-state index in [0.717, 1.165) is 36.3 Å². The van der Waals surface area contributed by atoms with Gasteiger partial charge in [-0.15, -0.1) is 0 Å². The number of Topliss-reactive ketones (excluding diaryl/α,β-unsaturated/α-hetero) is 1. The lowest BCUT2D eigenvalue weighted by Gasteiger charge is -2.26. The summed E-state index contributed by atoms with van der Waals surface area (Å²) in [5, 5.41) is 0. The molecule has 0 saturated heterocycles. The molecule has 1 aromatic carbocycles. The van der Waals surface area contributed by atoms with Crippen molar-refractivity contribution >= 4 is 27.4 Å². The summed E-state index contributed by atoms with van der Waals surface area (Å²) < 4.78 is 11.2. The minimum atomic E-state index is 0.0695. The fourth-order valence-electron chi connectivity index (χ4n) is 1.94. The molecule has 0 saturated carbocycles. The number of anilines is 1. The van der Waals surface area contributed by atoms with Crippen LogP contribution in [-0.4, -0.2) is 46.3 Å². The number of halogens is 1. The highest BCUT2D eigenvalue weighted by Gasteiger charge is 2.11. The summed E-state index contributed by atoms with van der Waals surface area (Å²) in [5.41, 5.74) is 1.78. The van der Waals surface area contributed by atoms with Crippen LogP contribution in [-0.2, 0) is 9.47 Å². The molecule has 0 spiro atoms. The SMILES string of the molecule is COCCCN(CCOC)c1ccc(C(C)=O)cc1Br. The fourth-order valence-corrected chi connectivity index (χ4v) is 2.57. The summed E-state index contributed by atoms with van der Waals surface area (Å²) in [7, 11) is 3.40. The summed E-state index contributed by atoms with van der Waals surface area (Å²) in [6.07, 6.45) is 0.946. The summed E-state index contributed by atoms with van der Waals surface area (Å²) in [5.74, 6) is 0.0695. The van der Waals surface area contributed by atoms with Crippen LogP contribution in [0.15, 0.2) is 22.7 Å². The van der Waals surface area contributed by atoms with Crippen molar-refractivity contribution in [2.45, 2.75) is 13.3 Å². The fraction of sp³-hybridized carbons (Fsp3) is 0.533. The molecule has 0 N–H and O–H groups in total. The van der Waals surface area contributed by atoms with E-state index in [-0.39, 0.29) is 5.78 Å². The zero-order valence-electron chi connectivity index (χ0n) is 12.3. The van der Waals surface area contributed by atoms with Crippen LogP contribution in [0.4, 0.5) is 5.69 Å². The van der Waals surface area contributed by atoms with Gasteiger partial charge in [-0.05, 0) is 47.5 Å². The minimum Gasteiger partial charge on any atom is -0.385 e. The molecule has 0 fully saturated rings. The molecule has 0 bridgehead atoms. The van der Waals surface area contributed by atoms with Gasteiger partial charge in [-0.2, -0.15) is 0 Å². The van der Waals surface area contributed by atoms with Gasteiger partial charge in [0.1, 0.15) is 0 Å². The molecule has 4 nitrogen and oxygen atoms in total. The van der Waals surface area contributed by atoms with Crippen LogP contribution in [0.25, 0.3) is 0 Å². The third kappa shape index (κ3) is 5.23. The normalized spacial score (nSPS) is 10.6. The Morgan fingerprint density at radius 3 is 2.45 bits per heavy atom.